The maximum atomic E-state index is 12.8. The molecule has 2 fully saturated rings. The van der Waals surface area contributed by atoms with E-state index in [-0.39, 0.29) is 23.8 Å². The molecule has 0 radical (unpaired) electrons. The zero-order valence-corrected chi connectivity index (χ0v) is 14.5. The van der Waals surface area contributed by atoms with Crippen molar-refractivity contribution in [3.8, 4) is 0 Å². The largest absolute Gasteiger partial charge is 0.353 e. The van der Waals surface area contributed by atoms with Crippen LogP contribution < -0.4 is 4.90 Å². The molecule has 6 heteroatoms. The summed E-state index contributed by atoms with van der Waals surface area (Å²) in [5.41, 5.74) is 0. The second kappa shape index (κ2) is 7.20. The van der Waals surface area contributed by atoms with Gasteiger partial charge in [0, 0.05) is 51.4 Å². The Morgan fingerprint density at radius 3 is 2.67 bits per heavy atom. The van der Waals surface area contributed by atoms with Crippen LogP contribution in [0, 0.1) is 5.92 Å². The van der Waals surface area contributed by atoms with E-state index < -0.39 is 0 Å². The normalized spacial score (nSPS) is 22.8. The molecule has 1 aromatic heterocycles. The Labute approximate surface area is 143 Å². The average molecular weight is 330 g/mol. The van der Waals surface area contributed by atoms with E-state index in [1.807, 2.05) is 28.0 Å². The number of amides is 2. The van der Waals surface area contributed by atoms with Gasteiger partial charge in [-0.2, -0.15) is 0 Å². The first-order valence-electron chi connectivity index (χ1n) is 8.84. The third-order valence-electron chi connectivity index (χ3n) is 5.20. The number of likely N-dealkylation sites (tertiary alicyclic amines) is 1. The van der Waals surface area contributed by atoms with Gasteiger partial charge in [-0.25, -0.2) is 4.98 Å². The lowest BCUT2D eigenvalue weighted by molar-refractivity contribution is -0.136. The van der Waals surface area contributed by atoms with Crippen LogP contribution in [0.25, 0.3) is 0 Å². The molecule has 0 spiro atoms. The van der Waals surface area contributed by atoms with Gasteiger partial charge in [-0.15, -0.1) is 0 Å². The van der Waals surface area contributed by atoms with Gasteiger partial charge in [0.05, 0.1) is 5.92 Å². The Morgan fingerprint density at radius 1 is 1.29 bits per heavy atom. The lowest BCUT2D eigenvalue weighted by Crippen LogP contribution is -2.51. The molecule has 0 aromatic carbocycles. The van der Waals surface area contributed by atoms with Crippen LogP contribution in [0.15, 0.2) is 24.4 Å². The van der Waals surface area contributed by atoms with Crippen molar-refractivity contribution in [1.29, 1.82) is 0 Å². The highest BCUT2D eigenvalue weighted by molar-refractivity contribution is 5.89. The van der Waals surface area contributed by atoms with Crippen molar-refractivity contribution in [2.45, 2.75) is 32.7 Å². The van der Waals surface area contributed by atoms with Gasteiger partial charge in [0.2, 0.25) is 11.8 Å². The Balaban J connectivity index is 1.55. The third kappa shape index (κ3) is 3.37. The molecular weight excluding hydrogens is 304 g/mol. The average Bonchev–Trinajstić information content (AvgIpc) is 3.03. The lowest BCUT2D eigenvalue weighted by Gasteiger charge is -2.36. The van der Waals surface area contributed by atoms with E-state index in [9.17, 15) is 9.59 Å². The predicted octanol–water partition coefficient (Wildman–Crippen LogP) is 1.38. The van der Waals surface area contributed by atoms with Gasteiger partial charge in [-0.05, 0) is 25.5 Å². The van der Waals surface area contributed by atoms with Gasteiger partial charge in [0.25, 0.3) is 0 Å². The van der Waals surface area contributed by atoms with Gasteiger partial charge in [0.15, 0.2) is 0 Å². The van der Waals surface area contributed by atoms with Crippen molar-refractivity contribution in [3.05, 3.63) is 24.4 Å². The second-order valence-corrected chi connectivity index (χ2v) is 6.70. The van der Waals surface area contributed by atoms with Gasteiger partial charge >= 0.3 is 0 Å². The lowest BCUT2D eigenvalue weighted by atomic mass is 10.1. The smallest absolute Gasteiger partial charge is 0.228 e. The van der Waals surface area contributed by atoms with E-state index in [2.05, 4.69) is 23.7 Å². The monoisotopic (exact) mass is 330 g/mol. The van der Waals surface area contributed by atoms with E-state index in [1.54, 1.807) is 6.20 Å². The summed E-state index contributed by atoms with van der Waals surface area (Å²) in [6, 6.07) is 6.10. The molecule has 0 bridgehead atoms. The number of anilines is 1. The first-order valence-corrected chi connectivity index (χ1v) is 8.84. The van der Waals surface area contributed by atoms with Crippen molar-refractivity contribution in [2.75, 3.05) is 37.6 Å². The number of hydrogen-bond donors (Lipinski definition) is 0. The van der Waals surface area contributed by atoms with Gasteiger partial charge in [-0.3, -0.25) is 9.59 Å². The molecule has 0 saturated carbocycles. The van der Waals surface area contributed by atoms with Gasteiger partial charge in [-0.1, -0.05) is 13.0 Å². The molecule has 2 atom stereocenters. The molecular formula is C18H26N4O2. The van der Waals surface area contributed by atoms with Crippen LogP contribution in [0.4, 0.5) is 5.82 Å². The number of rotatable bonds is 4. The summed E-state index contributed by atoms with van der Waals surface area (Å²) in [5.74, 6) is 1.04. The Kier molecular flexibility index (Phi) is 5.02. The minimum absolute atomic E-state index is 0.120. The number of aromatic nitrogens is 1. The summed E-state index contributed by atoms with van der Waals surface area (Å²) < 4.78 is 0. The minimum atomic E-state index is -0.173. The summed E-state index contributed by atoms with van der Waals surface area (Å²) >= 11 is 0. The molecule has 0 aliphatic carbocycles. The van der Waals surface area contributed by atoms with E-state index in [0.29, 0.717) is 26.1 Å². The predicted molar refractivity (Wildman–Crippen MR) is 92.6 cm³/mol. The van der Waals surface area contributed by atoms with Crippen molar-refractivity contribution in [2.24, 2.45) is 5.92 Å². The van der Waals surface area contributed by atoms with Crippen molar-refractivity contribution in [1.82, 2.24) is 14.8 Å². The fourth-order valence-electron chi connectivity index (χ4n) is 3.50. The molecule has 6 nitrogen and oxygen atoms in total. The zero-order valence-electron chi connectivity index (χ0n) is 14.5. The molecule has 1 aromatic rings. The number of piperazine rings is 1. The highest BCUT2D eigenvalue weighted by Crippen LogP contribution is 2.24. The molecule has 2 saturated heterocycles. The Bertz CT molecular complexity index is 584. The van der Waals surface area contributed by atoms with Crippen LogP contribution in [0.2, 0.25) is 0 Å². The van der Waals surface area contributed by atoms with Crippen molar-refractivity contribution < 1.29 is 9.59 Å². The molecule has 2 aliphatic rings. The number of hydrogen-bond acceptors (Lipinski definition) is 4. The van der Waals surface area contributed by atoms with Crippen molar-refractivity contribution in [3.63, 3.8) is 0 Å². The highest BCUT2D eigenvalue weighted by atomic mass is 16.2. The first kappa shape index (κ1) is 16.7. The third-order valence-corrected chi connectivity index (χ3v) is 5.20. The second-order valence-electron chi connectivity index (χ2n) is 6.70. The molecule has 130 valence electrons. The maximum absolute atomic E-state index is 12.8. The van der Waals surface area contributed by atoms with Gasteiger partial charge < -0.3 is 14.7 Å². The number of nitrogens with zero attached hydrogens (tertiary/aromatic N) is 4. The highest BCUT2D eigenvalue weighted by Gasteiger charge is 2.38. The first-order chi connectivity index (χ1) is 11.6. The molecule has 24 heavy (non-hydrogen) atoms. The van der Waals surface area contributed by atoms with Crippen LogP contribution in [-0.2, 0) is 9.59 Å². The van der Waals surface area contributed by atoms with Crippen LogP contribution >= 0.6 is 0 Å². The molecule has 2 aliphatic heterocycles. The van der Waals surface area contributed by atoms with Crippen LogP contribution in [0.3, 0.4) is 0 Å². The topological polar surface area (TPSA) is 56.8 Å². The van der Waals surface area contributed by atoms with E-state index in [0.717, 1.165) is 25.3 Å². The quantitative estimate of drug-likeness (QED) is 0.837. The van der Waals surface area contributed by atoms with Gasteiger partial charge in [0.1, 0.15) is 5.82 Å². The number of carbonyl (C=O) groups excluding carboxylic acids is 2. The summed E-state index contributed by atoms with van der Waals surface area (Å²) in [6.45, 7) is 7.68. The molecule has 0 N–H and O–H groups in total. The van der Waals surface area contributed by atoms with E-state index in [4.69, 9.17) is 0 Å². The summed E-state index contributed by atoms with van der Waals surface area (Å²) in [7, 11) is 0. The Hall–Kier alpha value is -2.11. The SMILES string of the molecule is CCC(C)N1CC(C(=O)N2CCN(c3ccccn3)CC2)CC1=O. The van der Waals surface area contributed by atoms with Crippen LogP contribution in [0.5, 0.6) is 0 Å². The standard InChI is InChI=1S/C18H26N4O2/c1-3-14(2)22-13-15(12-17(22)23)18(24)21-10-8-20(9-11-21)16-6-4-5-7-19-16/h4-7,14-15H,3,8-13H2,1-2H3. The van der Waals surface area contributed by atoms with E-state index >= 15 is 0 Å². The van der Waals surface area contributed by atoms with E-state index in [1.165, 1.54) is 0 Å². The summed E-state index contributed by atoms with van der Waals surface area (Å²) in [5, 5.41) is 0. The summed E-state index contributed by atoms with van der Waals surface area (Å²) in [4.78, 5) is 35.3. The number of pyridine rings is 1. The van der Waals surface area contributed by atoms with Crippen molar-refractivity contribution >= 4 is 17.6 Å². The zero-order chi connectivity index (χ0) is 17.1. The molecule has 2 amide bonds. The fourth-order valence-corrected chi connectivity index (χ4v) is 3.50. The fraction of sp³-hybridized carbons (Fsp3) is 0.611. The molecule has 2 unspecified atom stereocenters. The summed E-state index contributed by atoms with van der Waals surface area (Å²) in [6.07, 6.45) is 3.08. The Morgan fingerprint density at radius 2 is 2.04 bits per heavy atom. The van der Waals surface area contributed by atoms with Crippen LogP contribution in [-0.4, -0.2) is 65.4 Å². The van der Waals surface area contributed by atoms with Crippen LogP contribution in [0.1, 0.15) is 26.7 Å². The molecule has 3 heterocycles. The molecule has 3 rings (SSSR count). The number of carbonyl (C=O) groups is 2. The maximum Gasteiger partial charge on any atom is 0.228 e. The minimum Gasteiger partial charge on any atom is -0.353 e.